The van der Waals surface area contributed by atoms with Gasteiger partial charge in [-0.25, -0.2) is 0 Å². The van der Waals surface area contributed by atoms with E-state index in [2.05, 4.69) is 6.92 Å². The highest BCUT2D eigenvalue weighted by Crippen LogP contribution is 2.41. The molecule has 0 radical (unpaired) electrons. The third-order valence-corrected chi connectivity index (χ3v) is 6.00. The maximum atomic E-state index is 11.3. The van der Waals surface area contributed by atoms with Crippen LogP contribution >= 0.6 is 11.8 Å². The van der Waals surface area contributed by atoms with E-state index in [4.69, 9.17) is 0 Å². The summed E-state index contributed by atoms with van der Waals surface area (Å²) in [6.45, 7) is 2.34. The summed E-state index contributed by atoms with van der Waals surface area (Å²) in [6.07, 6.45) is 9.65. The summed E-state index contributed by atoms with van der Waals surface area (Å²) >= 11 is 2.00. The Hall–Kier alpha value is -0.180. The van der Waals surface area contributed by atoms with Gasteiger partial charge >= 0.3 is 5.97 Å². The van der Waals surface area contributed by atoms with Crippen LogP contribution in [0.4, 0.5) is 0 Å². The van der Waals surface area contributed by atoms with Gasteiger partial charge in [-0.3, -0.25) is 4.79 Å². The standard InChI is InChI=1S/C14H24O2S/c1-10-5-4-6-11(9-10)17-13-8-3-2-7-12(13)14(15)16/h10-13H,2-9H2,1H3,(H,15,16). The number of aliphatic carboxylic acids is 1. The van der Waals surface area contributed by atoms with Crippen LogP contribution in [0.15, 0.2) is 0 Å². The van der Waals surface area contributed by atoms with Crippen molar-refractivity contribution in [1.29, 1.82) is 0 Å². The Bertz CT molecular complexity index is 267. The lowest BCUT2D eigenvalue weighted by molar-refractivity contribution is -0.142. The van der Waals surface area contributed by atoms with Crippen LogP contribution < -0.4 is 0 Å². The summed E-state index contributed by atoms with van der Waals surface area (Å²) < 4.78 is 0. The summed E-state index contributed by atoms with van der Waals surface area (Å²) in [5.41, 5.74) is 0. The lowest BCUT2D eigenvalue weighted by Crippen LogP contribution is -2.31. The zero-order chi connectivity index (χ0) is 12.3. The molecule has 0 aromatic rings. The molecule has 2 aliphatic rings. The van der Waals surface area contributed by atoms with Crippen molar-refractivity contribution in [2.75, 3.05) is 0 Å². The van der Waals surface area contributed by atoms with Gasteiger partial charge in [0.15, 0.2) is 0 Å². The van der Waals surface area contributed by atoms with Crippen molar-refractivity contribution in [3.8, 4) is 0 Å². The summed E-state index contributed by atoms with van der Waals surface area (Å²) in [5.74, 6) is 0.199. The minimum absolute atomic E-state index is 0.0778. The highest BCUT2D eigenvalue weighted by Gasteiger charge is 2.33. The molecular formula is C14H24O2S. The van der Waals surface area contributed by atoms with Crippen LogP contribution in [0.5, 0.6) is 0 Å². The number of hydrogen-bond acceptors (Lipinski definition) is 2. The van der Waals surface area contributed by atoms with E-state index in [0.29, 0.717) is 5.25 Å². The van der Waals surface area contributed by atoms with Crippen molar-refractivity contribution in [2.45, 2.75) is 68.8 Å². The maximum Gasteiger partial charge on any atom is 0.307 e. The SMILES string of the molecule is CC1CCCC(SC2CCCCC2C(=O)O)C1. The lowest BCUT2D eigenvalue weighted by Gasteiger charge is -2.34. The molecule has 17 heavy (non-hydrogen) atoms. The van der Waals surface area contributed by atoms with Crippen molar-refractivity contribution in [2.24, 2.45) is 11.8 Å². The normalized spacial score (nSPS) is 38.9. The molecule has 1 N–H and O–H groups in total. The Labute approximate surface area is 109 Å². The van der Waals surface area contributed by atoms with Gasteiger partial charge in [0.05, 0.1) is 5.92 Å². The zero-order valence-corrected chi connectivity index (χ0v) is 11.5. The highest BCUT2D eigenvalue weighted by molar-refractivity contribution is 8.00. The van der Waals surface area contributed by atoms with Crippen LogP contribution in [0.25, 0.3) is 0 Å². The summed E-state index contributed by atoms with van der Waals surface area (Å²) in [4.78, 5) is 11.3. The molecule has 0 aromatic heterocycles. The number of thioether (sulfide) groups is 1. The van der Waals surface area contributed by atoms with Crippen LogP contribution in [0.1, 0.15) is 58.3 Å². The first kappa shape index (κ1) is 13.3. The molecule has 0 aromatic carbocycles. The molecular weight excluding hydrogens is 232 g/mol. The smallest absolute Gasteiger partial charge is 0.307 e. The molecule has 3 heteroatoms. The third kappa shape index (κ3) is 3.64. The van der Waals surface area contributed by atoms with E-state index >= 15 is 0 Å². The molecule has 4 unspecified atom stereocenters. The lowest BCUT2D eigenvalue weighted by atomic mass is 9.89. The second kappa shape index (κ2) is 6.12. The fourth-order valence-electron chi connectivity index (χ4n) is 3.29. The Morgan fingerprint density at radius 2 is 1.88 bits per heavy atom. The molecule has 2 nitrogen and oxygen atoms in total. The van der Waals surface area contributed by atoms with Gasteiger partial charge in [0.1, 0.15) is 0 Å². The zero-order valence-electron chi connectivity index (χ0n) is 10.7. The first-order chi connectivity index (χ1) is 8.16. The number of rotatable bonds is 3. The number of carbonyl (C=O) groups is 1. The van der Waals surface area contributed by atoms with Crippen molar-refractivity contribution in [3.05, 3.63) is 0 Å². The van der Waals surface area contributed by atoms with E-state index in [0.717, 1.165) is 30.4 Å². The predicted octanol–water partition coefficient (Wildman–Crippen LogP) is 3.94. The Morgan fingerprint density at radius 3 is 2.59 bits per heavy atom. The molecule has 2 rings (SSSR count). The van der Waals surface area contributed by atoms with Gasteiger partial charge in [0.2, 0.25) is 0 Å². The van der Waals surface area contributed by atoms with Crippen molar-refractivity contribution in [1.82, 2.24) is 0 Å². The largest absolute Gasteiger partial charge is 0.481 e. The second-order valence-corrected chi connectivity index (χ2v) is 7.34. The Kier molecular flexibility index (Phi) is 4.78. The highest BCUT2D eigenvalue weighted by atomic mass is 32.2. The van der Waals surface area contributed by atoms with E-state index in [1.807, 2.05) is 11.8 Å². The van der Waals surface area contributed by atoms with E-state index in [-0.39, 0.29) is 5.92 Å². The van der Waals surface area contributed by atoms with Crippen molar-refractivity contribution >= 4 is 17.7 Å². The second-order valence-electron chi connectivity index (χ2n) is 5.80. The minimum atomic E-state index is -0.564. The first-order valence-corrected chi connectivity index (χ1v) is 7.99. The number of carboxylic acids is 1. The molecule has 2 aliphatic carbocycles. The molecule has 0 spiro atoms. The first-order valence-electron chi connectivity index (χ1n) is 7.05. The summed E-state index contributed by atoms with van der Waals surface area (Å²) in [6, 6.07) is 0. The van der Waals surface area contributed by atoms with Gasteiger partial charge < -0.3 is 5.11 Å². The molecule has 0 bridgehead atoms. The van der Waals surface area contributed by atoms with E-state index in [1.54, 1.807) is 0 Å². The van der Waals surface area contributed by atoms with Gasteiger partial charge in [-0.15, -0.1) is 0 Å². The maximum absolute atomic E-state index is 11.3. The van der Waals surface area contributed by atoms with Gasteiger partial charge in [-0.2, -0.15) is 11.8 Å². The van der Waals surface area contributed by atoms with Gasteiger partial charge in [0.25, 0.3) is 0 Å². The Balaban J connectivity index is 1.89. The van der Waals surface area contributed by atoms with Gasteiger partial charge in [-0.1, -0.05) is 32.6 Å². The average molecular weight is 256 g/mol. The van der Waals surface area contributed by atoms with Crippen LogP contribution in [0, 0.1) is 11.8 Å². The molecule has 98 valence electrons. The fraction of sp³-hybridized carbons (Fsp3) is 0.929. The van der Waals surface area contributed by atoms with E-state index in [9.17, 15) is 9.90 Å². The average Bonchev–Trinajstić information content (AvgIpc) is 2.29. The minimum Gasteiger partial charge on any atom is -0.481 e. The molecule has 2 fully saturated rings. The van der Waals surface area contributed by atoms with Gasteiger partial charge in [0, 0.05) is 10.5 Å². The molecule has 4 atom stereocenters. The van der Waals surface area contributed by atoms with Crippen molar-refractivity contribution < 1.29 is 9.90 Å². The van der Waals surface area contributed by atoms with Crippen LogP contribution in [0.3, 0.4) is 0 Å². The fourth-order valence-corrected chi connectivity index (χ4v) is 5.27. The summed E-state index contributed by atoms with van der Waals surface area (Å²) in [7, 11) is 0. The Morgan fingerprint density at radius 1 is 1.12 bits per heavy atom. The monoisotopic (exact) mass is 256 g/mol. The predicted molar refractivity (Wildman–Crippen MR) is 72.4 cm³/mol. The quantitative estimate of drug-likeness (QED) is 0.831. The van der Waals surface area contributed by atoms with Crippen molar-refractivity contribution in [3.63, 3.8) is 0 Å². The summed E-state index contributed by atoms with van der Waals surface area (Å²) in [5, 5.41) is 10.4. The van der Waals surface area contributed by atoms with Crippen LogP contribution in [-0.4, -0.2) is 21.6 Å². The number of carboxylic acid groups (broad SMARTS) is 1. The molecule has 2 saturated carbocycles. The van der Waals surface area contributed by atoms with E-state index < -0.39 is 5.97 Å². The molecule has 0 aliphatic heterocycles. The topological polar surface area (TPSA) is 37.3 Å². The third-order valence-electron chi connectivity index (χ3n) is 4.28. The number of hydrogen-bond donors (Lipinski definition) is 1. The van der Waals surface area contributed by atoms with E-state index in [1.165, 1.54) is 32.1 Å². The molecule has 0 saturated heterocycles. The van der Waals surface area contributed by atoms with Crippen LogP contribution in [0.2, 0.25) is 0 Å². The molecule has 0 heterocycles. The molecule has 0 amide bonds. The van der Waals surface area contributed by atoms with Gasteiger partial charge in [-0.05, 0) is 31.6 Å². The van der Waals surface area contributed by atoms with Crippen LogP contribution in [-0.2, 0) is 4.79 Å².